The zero-order valence-corrected chi connectivity index (χ0v) is 22.3. The molecule has 1 amide bonds. The number of amidine groups is 2. The smallest absolute Gasteiger partial charge is 0.283 e. The van der Waals surface area contributed by atoms with E-state index in [1.807, 2.05) is 24.3 Å². The molecule has 0 spiro atoms. The van der Waals surface area contributed by atoms with Crippen LogP contribution in [0.15, 0.2) is 52.1 Å². The Labute approximate surface area is 224 Å². The molecule has 0 saturated carbocycles. The lowest BCUT2D eigenvalue weighted by Gasteiger charge is -2.20. The molecule has 2 aliphatic rings. The number of thioether (sulfide) groups is 1. The first-order valence-electron chi connectivity index (χ1n) is 11.7. The number of ether oxygens (including phenoxy) is 4. The molecule has 2 aromatic carbocycles. The van der Waals surface area contributed by atoms with E-state index in [-0.39, 0.29) is 24.6 Å². The maximum absolute atomic E-state index is 12.7. The van der Waals surface area contributed by atoms with Crippen molar-refractivity contribution in [3.63, 3.8) is 0 Å². The number of carbonyl (C=O) groups is 1. The number of hydrazone groups is 1. The van der Waals surface area contributed by atoms with E-state index in [0.717, 1.165) is 30.1 Å². The van der Waals surface area contributed by atoms with Crippen LogP contribution in [-0.2, 0) is 4.79 Å². The van der Waals surface area contributed by atoms with Crippen LogP contribution < -0.4 is 18.9 Å². The van der Waals surface area contributed by atoms with Crippen molar-refractivity contribution in [1.29, 1.82) is 5.41 Å². The third-order valence-electron chi connectivity index (χ3n) is 5.46. The lowest BCUT2D eigenvalue weighted by Crippen LogP contribution is -2.35. The first-order chi connectivity index (χ1) is 17.9. The van der Waals surface area contributed by atoms with Crippen molar-refractivity contribution in [1.82, 2.24) is 5.01 Å². The van der Waals surface area contributed by atoms with Crippen molar-refractivity contribution in [3.8, 4) is 23.0 Å². The minimum Gasteiger partial charge on any atom is -0.497 e. The normalized spacial score (nSPS) is 15.9. The van der Waals surface area contributed by atoms with Gasteiger partial charge >= 0.3 is 0 Å². The molecule has 2 aromatic rings. The highest BCUT2D eigenvalue weighted by molar-refractivity contribution is 8.26. The number of halogens is 1. The summed E-state index contributed by atoms with van der Waals surface area (Å²) in [4.78, 5) is 16.8. The van der Waals surface area contributed by atoms with Gasteiger partial charge in [0.1, 0.15) is 29.8 Å². The van der Waals surface area contributed by atoms with Gasteiger partial charge in [0.05, 0.1) is 24.8 Å². The molecule has 0 fully saturated rings. The maximum Gasteiger partial charge on any atom is 0.283 e. The molecule has 2 aliphatic heterocycles. The highest BCUT2D eigenvalue weighted by Gasteiger charge is 2.35. The predicted octanol–water partition coefficient (Wildman–Crippen LogP) is 5.62. The second-order valence-corrected chi connectivity index (χ2v) is 9.47. The third kappa shape index (κ3) is 6.26. The van der Waals surface area contributed by atoms with Crippen LogP contribution in [0.4, 0.5) is 0 Å². The molecule has 9 nitrogen and oxygen atoms in total. The SMILES string of the molecule is CCCCC1=NN2C(=N)/C(=C\c3cc(Cl)c(OCCOc4ccc(OC)cc4)c(OC)c3)C(=O)N=C2S1. The summed E-state index contributed by atoms with van der Waals surface area (Å²) in [7, 11) is 3.11. The number of aliphatic imine (C=N–C) groups is 1. The Balaban J connectivity index is 1.45. The fraction of sp³-hybridized carbons (Fsp3) is 0.308. The van der Waals surface area contributed by atoms with E-state index in [1.54, 1.807) is 25.3 Å². The van der Waals surface area contributed by atoms with Crippen LogP contribution >= 0.6 is 23.4 Å². The molecule has 37 heavy (non-hydrogen) atoms. The first-order valence-corrected chi connectivity index (χ1v) is 12.9. The summed E-state index contributed by atoms with van der Waals surface area (Å²) in [6.07, 6.45) is 4.36. The van der Waals surface area contributed by atoms with Gasteiger partial charge in [0.25, 0.3) is 5.91 Å². The van der Waals surface area contributed by atoms with Crippen LogP contribution in [0.3, 0.4) is 0 Å². The van der Waals surface area contributed by atoms with Crippen LogP contribution in [-0.4, -0.2) is 54.4 Å². The molecule has 2 heterocycles. The van der Waals surface area contributed by atoms with Crippen molar-refractivity contribution < 1.29 is 23.7 Å². The van der Waals surface area contributed by atoms with E-state index in [2.05, 4.69) is 17.0 Å². The van der Waals surface area contributed by atoms with Crippen molar-refractivity contribution >= 4 is 51.4 Å². The number of fused-ring (bicyclic) bond motifs is 1. The number of amides is 1. The molecule has 0 atom stereocenters. The molecular formula is C26H27ClN4O5S. The largest absolute Gasteiger partial charge is 0.497 e. The Morgan fingerprint density at radius 2 is 1.81 bits per heavy atom. The minimum absolute atomic E-state index is 0.0277. The fourth-order valence-corrected chi connectivity index (χ4v) is 4.77. The number of rotatable bonds is 11. The third-order valence-corrected chi connectivity index (χ3v) is 6.71. The van der Waals surface area contributed by atoms with Crippen LogP contribution in [0.25, 0.3) is 6.08 Å². The van der Waals surface area contributed by atoms with Gasteiger partial charge in [0, 0.05) is 0 Å². The van der Waals surface area contributed by atoms with Gasteiger partial charge in [0.15, 0.2) is 17.3 Å². The summed E-state index contributed by atoms with van der Waals surface area (Å²) in [5, 5.41) is 16.0. The molecule has 4 rings (SSSR count). The summed E-state index contributed by atoms with van der Waals surface area (Å²) in [5.74, 6) is 1.65. The van der Waals surface area contributed by atoms with Crippen molar-refractivity contribution in [3.05, 3.63) is 52.6 Å². The Hall–Kier alpha value is -3.50. The number of methoxy groups -OCH3 is 2. The van der Waals surface area contributed by atoms with E-state index in [0.29, 0.717) is 33.0 Å². The van der Waals surface area contributed by atoms with Gasteiger partial charge in [-0.3, -0.25) is 10.2 Å². The molecule has 194 valence electrons. The monoisotopic (exact) mass is 542 g/mol. The zero-order chi connectivity index (χ0) is 26.4. The van der Waals surface area contributed by atoms with Crippen molar-refractivity contribution in [2.75, 3.05) is 27.4 Å². The number of nitrogens with one attached hydrogen (secondary N) is 1. The summed E-state index contributed by atoms with van der Waals surface area (Å²) in [6.45, 7) is 2.62. The van der Waals surface area contributed by atoms with Gasteiger partial charge in [-0.1, -0.05) is 24.9 Å². The molecule has 11 heteroatoms. The quantitative estimate of drug-likeness (QED) is 0.290. The number of carbonyl (C=O) groups excluding carboxylic acids is 1. The average molecular weight is 543 g/mol. The lowest BCUT2D eigenvalue weighted by atomic mass is 10.1. The van der Waals surface area contributed by atoms with Gasteiger partial charge < -0.3 is 18.9 Å². The van der Waals surface area contributed by atoms with Crippen LogP contribution in [0.1, 0.15) is 31.7 Å². The Morgan fingerprint density at radius 3 is 2.51 bits per heavy atom. The second-order valence-electron chi connectivity index (χ2n) is 8.02. The average Bonchev–Trinajstić information content (AvgIpc) is 3.31. The molecule has 0 aromatic heterocycles. The van der Waals surface area contributed by atoms with Gasteiger partial charge in [0.2, 0.25) is 5.17 Å². The number of benzene rings is 2. The second kappa shape index (κ2) is 12.2. The van der Waals surface area contributed by atoms with E-state index >= 15 is 0 Å². The molecule has 0 aliphatic carbocycles. The Morgan fingerprint density at radius 1 is 1.08 bits per heavy atom. The number of unbranched alkanes of at least 4 members (excludes halogenated alkanes) is 1. The summed E-state index contributed by atoms with van der Waals surface area (Å²) in [6, 6.07) is 10.6. The number of hydrogen-bond acceptors (Lipinski definition) is 8. The van der Waals surface area contributed by atoms with Gasteiger partial charge in [-0.05, 0) is 72.6 Å². The molecule has 0 radical (unpaired) electrons. The van der Waals surface area contributed by atoms with E-state index in [9.17, 15) is 4.79 Å². The van der Waals surface area contributed by atoms with Crippen LogP contribution in [0.5, 0.6) is 23.0 Å². The predicted molar refractivity (Wildman–Crippen MR) is 147 cm³/mol. The highest BCUT2D eigenvalue weighted by atomic mass is 35.5. The Kier molecular flexibility index (Phi) is 8.73. The molecule has 0 saturated heterocycles. The van der Waals surface area contributed by atoms with Crippen LogP contribution in [0, 0.1) is 5.41 Å². The van der Waals surface area contributed by atoms with Crippen molar-refractivity contribution in [2.24, 2.45) is 10.1 Å². The molecule has 0 unspecified atom stereocenters. The van der Waals surface area contributed by atoms with Gasteiger partial charge in [-0.2, -0.15) is 15.1 Å². The summed E-state index contributed by atoms with van der Waals surface area (Å²) in [5.41, 5.74) is 0.682. The molecular weight excluding hydrogens is 516 g/mol. The van der Waals surface area contributed by atoms with Crippen molar-refractivity contribution in [2.45, 2.75) is 26.2 Å². The summed E-state index contributed by atoms with van der Waals surface area (Å²) >= 11 is 7.83. The van der Waals surface area contributed by atoms with E-state index in [1.165, 1.54) is 23.9 Å². The maximum atomic E-state index is 12.7. The van der Waals surface area contributed by atoms with Gasteiger partial charge in [-0.15, -0.1) is 0 Å². The Bertz CT molecular complexity index is 1280. The van der Waals surface area contributed by atoms with E-state index < -0.39 is 5.91 Å². The van der Waals surface area contributed by atoms with E-state index in [4.69, 9.17) is 36.0 Å². The minimum atomic E-state index is -0.498. The topological polar surface area (TPSA) is 106 Å². The zero-order valence-electron chi connectivity index (χ0n) is 20.7. The number of nitrogens with zero attached hydrogens (tertiary/aromatic N) is 3. The molecule has 0 bridgehead atoms. The first kappa shape index (κ1) is 26.6. The fourth-order valence-electron chi connectivity index (χ4n) is 3.57. The molecule has 1 N–H and O–H groups in total. The standard InChI is InChI=1S/C26H27ClN4O5S/c1-4-5-6-22-30-31-24(28)19(25(32)29-26(31)37-22)13-16-14-20(27)23(21(15-16)34-3)36-12-11-35-18-9-7-17(33-2)8-10-18/h7-10,13-15,28H,4-6,11-12H2,1-3H3/b19-13+,28-24?. The summed E-state index contributed by atoms with van der Waals surface area (Å²) < 4.78 is 22.1. The lowest BCUT2D eigenvalue weighted by molar-refractivity contribution is -0.114. The number of hydrogen-bond donors (Lipinski definition) is 1. The van der Waals surface area contributed by atoms with Gasteiger partial charge in [-0.25, -0.2) is 0 Å². The van der Waals surface area contributed by atoms with Crippen LogP contribution in [0.2, 0.25) is 5.02 Å². The highest BCUT2D eigenvalue weighted by Crippen LogP contribution is 2.38.